The van der Waals surface area contributed by atoms with Crippen LogP contribution in [0, 0.1) is 0 Å². The van der Waals surface area contributed by atoms with Crippen LogP contribution in [0.15, 0.2) is 23.1 Å². The lowest BCUT2D eigenvalue weighted by atomic mass is 10.4. The Bertz CT molecular complexity index is 137. The lowest BCUT2D eigenvalue weighted by molar-refractivity contribution is 0.310. The zero-order valence-corrected chi connectivity index (χ0v) is 5.48. The number of aliphatic hydroxyl groups is 1. The summed E-state index contributed by atoms with van der Waals surface area (Å²) in [7, 11) is 0. The Balaban J connectivity index is 2.59. The van der Waals surface area contributed by atoms with Gasteiger partial charge >= 0.3 is 0 Å². The Morgan fingerprint density at radius 1 is 1.75 bits per heavy atom. The van der Waals surface area contributed by atoms with E-state index in [1.54, 1.807) is 6.08 Å². The van der Waals surface area contributed by atoms with Gasteiger partial charge in [-0.2, -0.15) is 0 Å². The molecule has 1 N–H and O–H groups in total. The molecule has 0 saturated heterocycles. The number of allylic oxidation sites excluding steroid dienone is 3. The predicted octanol–water partition coefficient (Wildman–Crippen LogP) is 1.51. The van der Waals surface area contributed by atoms with Gasteiger partial charge in [-0.05, 0) is 17.9 Å². The lowest BCUT2D eigenvalue weighted by Gasteiger charge is -2.07. The first-order chi connectivity index (χ1) is 3.79. The van der Waals surface area contributed by atoms with Gasteiger partial charge in [-0.1, -0.05) is 23.9 Å². The van der Waals surface area contributed by atoms with Gasteiger partial charge in [0.1, 0.15) is 5.44 Å². The van der Waals surface area contributed by atoms with E-state index in [1.807, 2.05) is 19.1 Å². The summed E-state index contributed by atoms with van der Waals surface area (Å²) in [5.74, 6) is 0. The van der Waals surface area contributed by atoms with E-state index in [1.165, 1.54) is 16.7 Å². The summed E-state index contributed by atoms with van der Waals surface area (Å²) in [6.45, 7) is 1.98. The van der Waals surface area contributed by atoms with Crippen molar-refractivity contribution in [1.29, 1.82) is 0 Å². The van der Waals surface area contributed by atoms with Gasteiger partial charge in [-0.3, -0.25) is 0 Å². The number of rotatable bonds is 0. The number of aliphatic hydroxyl groups excluding tert-OH is 1. The van der Waals surface area contributed by atoms with Crippen molar-refractivity contribution in [1.82, 2.24) is 0 Å². The molecule has 0 aromatic rings. The summed E-state index contributed by atoms with van der Waals surface area (Å²) < 4.78 is 0. The molecule has 0 bridgehead atoms. The Kier molecular flexibility index (Phi) is 1.76. The maximum absolute atomic E-state index is 8.91. The smallest absolute Gasteiger partial charge is 0.122 e. The molecule has 8 heavy (non-hydrogen) atoms. The molecule has 1 heterocycles. The maximum atomic E-state index is 8.91. The summed E-state index contributed by atoms with van der Waals surface area (Å²) >= 11 is 1.47. The minimum Gasteiger partial charge on any atom is -0.378 e. The molecule has 2 heteroatoms. The van der Waals surface area contributed by atoms with Crippen LogP contribution in [0.25, 0.3) is 0 Å². The summed E-state index contributed by atoms with van der Waals surface area (Å²) in [5, 5.41) is 8.91. The fourth-order valence-electron chi connectivity index (χ4n) is 0.555. The van der Waals surface area contributed by atoms with Gasteiger partial charge in [0.25, 0.3) is 0 Å². The van der Waals surface area contributed by atoms with Crippen LogP contribution < -0.4 is 0 Å². The average molecular weight is 128 g/mol. The highest BCUT2D eigenvalue weighted by Crippen LogP contribution is 2.23. The van der Waals surface area contributed by atoms with E-state index in [2.05, 4.69) is 0 Å². The molecular weight excluding hydrogens is 120 g/mol. The number of hydrogen-bond acceptors (Lipinski definition) is 2. The SMILES string of the molecule is CC1=CC=CC(O)S1. The second-order valence-electron chi connectivity index (χ2n) is 1.67. The fraction of sp³-hybridized carbons (Fsp3) is 0.333. The van der Waals surface area contributed by atoms with Crippen molar-refractivity contribution in [3.63, 3.8) is 0 Å². The molecule has 0 aromatic carbocycles. The molecule has 0 radical (unpaired) electrons. The first-order valence-corrected chi connectivity index (χ1v) is 3.37. The van der Waals surface area contributed by atoms with Crippen LogP contribution in [0.5, 0.6) is 0 Å². The highest BCUT2D eigenvalue weighted by atomic mass is 32.2. The molecule has 0 fully saturated rings. The zero-order chi connectivity index (χ0) is 5.98. The number of hydrogen-bond donors (Lipinski definition) is 1. The molecule has 1 aliphatic heterocycles. The van der Waals surface area contributed by atoms with Crippen molar-refractivity contribution in [2.45, 2.75) is 12.4 Å². The zero-order valence-electron chi connectivity index (χ0n) is 4.66. The molecule has 1 atom stereocenters. The monoisotopic (exact) mass is 128 g/mol. The van der Waals surface area contributed by atoms with Crippen LogP contribution in [0.2, 0.25) is 0 Å². The minimum absolute atomic E-state index is 0.319. The van der Waals surface area contributed by atoms with Crippen molar-refractivity contribution in [3.8, 4) is 0 Å². The highest BCUT2D eigenvalue weighted by Gasteiger charge is 2.02. The number of thioether (sulfide) groups is 1. The van der Waals surface area contributed by atoms with Crippen LogP contribution in [0.1, 0.15) is 6.92 Å². The molecule has 0 amide bonds. The van der Waals surface area contributed by atoms with Crippen LogP contribution in [0.3, 0.4) is 0 Å². The third kappa shape index (κ3) is 1.39. The molecule has 1 unspecified atom stereocenters. The van der Waals surface area contributed by atoms with Crippen LogP contribution in [0.4, 0.5) is 0 Å². The quantitative estimate of drug-likeness (QED) is 0.533. The van der Waals surface area contributed by atoms with Gasteiger partial charge in [-0.15, -0.1) is 0 Å². The molecule has 0 aromatic heterocycles. The summed E-state index contributed by atoms with van der Waals surface area (Å²) in [6.07, 6.45) is 5.62. The first kappa shape index (κ1) is 5.92. The maximum Gasteiger partial charge on any atom is 0.122 e. The van der Waals surface area contributed by atoms with Crippen LogP contribution in [-0.2, 0) is 0 Å². The molecule has 0 aliphatic carbocycles. The highest BCUT2D eigenvalue weighted by molar-refractivity contribution is 8.03. The molecular formula is C6H8OS. The molecule has 1 nitrogen and oxygen atoms in total. The van der Waals surface area contributed by atoms with Crippen LogP contribution >= 0.6 is 11.8 Å². The summed E-state index contributed by atoms with van der Waals surface area (Å²) in [4.78, 5) is 1.17. The van der Waals surface area contributed by atoms with Gasteiger partial charge in [0, 0.05) is 0 Å². The largest absolute Gasteiger partial charge is 0.378 e. The Labute approximate surface area is 53.1 Å². The Morgan fingerprint density at radius 2 is 2.50 bits per heavy atom. The standard InChI is InChI=1S/C6H8OS/c1-5-3-2-4-6(7)8-5/h2-4,6-7H,1H3. The third-order valence-corrected chi connectivity index (χ3v) is 1.82. The van der Waals surface area contributed by atoms with E-state index in [0.717, 1.165) is 0 Å². The van der Waals surface area contributed by atoms with E-state index in [-0.39, 0.29) is 5.44 Å². The van der Waals surface area contributed by atoms with Crippen molar-refractivity contribution >= 4 is 11.8 Å². The second kappa shape index (κ2) is 2.37. The van der Waals surface area contributed by atoms with Crippen LogP contribution in [-0.4, -0.2) is 10.5 Å². The fourth-order valence-corrected chi connectivity index (χ4v) is 1.26. The minimum atomic E-state index is -0.319. The van der Waals surface area contributed by atoms with Gasteiger partial charge < -0.3 is 5.11 Å². The van der Waals surface area contributed by atoms with E-state index in [9.17, 15) is 0 Å². The van der Waals surface area contributed by atoms with Gasteiger partial charge in [0.2, 0.25) is 0 Å². The van der Waals surface area contributed by atoms with Crippen molar-refractivity contribution < 1.29 is 5.11 Å². The average Bonchev–Trinajstić information content (AvgIpc) is 1.64. The predicted molar refractivity (Wildman–Crippen MR) is 36.5 cm³/mol. The topological polar surface area (TPSA) is 20.2 Å². The summed E-state index contributed by atoms with van der Waals surface area (Å²) in [6, 6.07) is 0. The molecule has 0 saturated carbocycles. The first-order valence-electron chi connectivity index (χ1n) is 2.49. The third-order valence-electron chi connectivity index (χ3n) is 0.913. The van der Waals surface area contributed by atoms with E-state index in [4.69, 9.17) is 5.11 Å². The Hall–Kier alpha value is -0.210. The van der Waals surface area contributed by atoms with E-state index < -0.39 is 0 Å². The molecule has 1 rings (SSSR count). The molecule has 44 valence electrons. The second-order valence-corrected chi connectivity index (χ2v) is 3.03. The van der Waals surface area contributed by atoms with Crippen molar-refractivity contribution in [2.75, 3.05) is 0 Å². The van der Waals surface area contributed by atoms with Crippen molar-refractivity contribution in [3.05, 3.63) is 23.1 Å². The van der Waals surface area contributed by atoms with E-state index in [0.29, 0.717) is 0 Å². The molecule has 1 aliphatic rings. The molecule has 0 spiro atoms. The Morgan fingerprint density at radius 3 is 2.88 bits per heavy atom. The van der Waals surface area contributed by atoms with Crippen molar-refractivity contribution in [2.24, 2.45) is 0 Å². The lowest BCUT2D eigenvalue weighted by Crippen LogP contribution is -1.96. The van der Waals surface area contributed by atoms with E-state index >= 15 is 0 Å². The summed E-state index contributed by atoms with van der Waals surface area (Å²) in [5.41, 5.74) is -0.319. The van der Waals surface area contributed by atoms with Gasteiger partial charge in [-0.25, -0.2) is 0 Å². The normalized spacial score (nSPS) is 27.8. The van der Waals surface area contributed by atoms with Gasteiger partial charge in [0.15, 0.2) is 0 Å². The van der Waals surface area contributed by atoms with Gasteiger partial charge in [0.05, 0.1) is 0 Å².